The van der Waals surface area contributed by atoms with Crippen molar-refractivity contribution >= 4 is 17.2 Å². The first-order valence-electron chi connectivity index (χ1n) is 7.69. The number of amides is 1. The molecule has 0 saturated carbocycles. The third-order valence-corrected chi connectivity index (χ3v) is 4.36. The minimum atomic E-state index is -1.03. The Labute approximate surface area is 141 Å². The fraction of sp³-hybridized carbons (Fsp3) is 0.389. The van der Waals surface area contributed by atoms with Crippen molar-refractivity contribution in [1.82, 2.24) is 5.32 Å². The number of rotatable bonds is 8. The molecule has 5 heteroatoms. The lowest BCUT2D eigenvalue weighted by molar-refractivity contribution is -0.122. The molecule has 1 aromatic carbocycles. The highest BCUT2D eigenvalue weighted by Crippen LogP contribution is 2.22. The van der Waals surface area contributed by atoms with Crippen molar-refractivity contribution in [2.75, 3.05) is 13.2 Å². The maximum Gasteiger partial charge on any atom is 0.220 e. The van der Waals surface area contributed by atoms with Gasteiger partial charge in [-0.3, -0.25) is 4.79 Å². The van der Waals surface area contributed by atoms with Crippen molar-refractivity contribution < 1.29 is 14.6 Å². The molecule has 23 heavy (non-hydrogen) atoms. The van der Waals surface area contributed by atoms with Crippen LogP contribution in [0.2, 0.25) is 0 Å². The van der Waals surface area contributed by atoms with E-state index in [-0.39, 0.29) is 12.5 Å². The molecule has 124 valence electrons. The van der Waals surface area contributed by atoms with E-state index in [0.29, 0.717) is 19.4 Å². The smallest absolute Gasteiger partial charge is 0.220 e. The predicted octanol–water partition coefficient (Wildman–Crippen LogP) is 3.24. The number of aliphatic hydroxyl groups is 1. The van der Waals surface area contributed by atoms with Gasteiger partial charge in [-0.15, -0.1) is 0 Å². The monoisotopic (exact) mass is 333 g/mol. The van der Waals surface area contributed by atoms with Crippen molar-refractivity contribution in [3.63, 3.8) is 0 Å². The summed E-state index contributed by atoms with van der Waals surface area (Å²) in [5.74, 6) is 0.780. The van der Waals surface area contributed by atoms with Crippen molar-refractivity contribution in [3.8, 4) is 5.75 Å². The summed E-state index contributed by atoms with van der Waals surface area (Å²) in [4.78, 5) is 11.9. The van der Waals surface area contributed by atoms with E-state index in [2.05, 4.69) is 5.32 Å². The largest absolute Gasteiger partial charge is 0.493 e. The zero-order valence-electron chi connectivity index (χ0n) is 13.5. The van der Waals surface area contributed by atoms with Gasteiger partial charge < -0.3 is 15.2 Å². The Balaban J connectivity index is 1.67. The quantitative estimate of drug-likeness (QED) is 0.729. The number of hydrogen-bond donors (Lipinski definition) is 2. The van der Waals surface area contributed by atoms with E-state index < -0.39 is 5.60 Å². The summed E-state index contributed by atoms with van der Waals surface area (Å²) < 4.78 is 5.66. The number of ether oxygens (including phenoxy) is 1. The van der Waals surface area contributed by atoms with E-state index >= 15 is 0 Å². The summed E-state index contributed by atoms with van der Waals surface area (Å²) in [6.45, 7) is 4.41. The molecule has 2 aromatic rings. The van der Waals surface area contributed by atoms with Gasteiger partial charge in [-0.25, -0.2) is 0 Å². The second kappa shape index (κ2) is 8.13. The van der Waals surface area contributed by atoms with Gasteiger partial charge in [0.05, 0.1) is 13.2 Å². The zero-order chi connectivity index (χ0) is 16.7. The third kappa shape index (κ3) is 5.37. The predicted molar refractivity (Wildman–Crippen MR) is 92.8 cm³/mol. The number of carbonyl (C=O) groups is 1. The van der Waals surface area contributed by atoms with Gasteiger partial charge in [-0.2, -0.15) is 11.3 Å². The van der Waals surface area contributed by atoms with Crippen LogP contribution in [0.4, 0.5) is 0 Å². The molecule has 4 nitrogen and oxygen atoms in total. The van der Waals surface area contributed by atoms with Gasteiger partial charge in [0.2, 0.25) is 5.91 Å². The molecule has 0 fully saturated rings. The van der Waals surface area contributed by atoms with Crippen molar-refractivity contribution in [2.24, 2.45) is 0 Å². The van der Waals surface area contributed by atoms with Gasteiger partial charge in [0.25, 0.3) is 0 Å². The summed E-state index contributed by atoms with van der Waals surface area (Å²) in [5.41, 5.74) is 0.877. The van der Waals surface area contributed by atoms with E-state index in [9.17, 15) is 9.90 Å². The first-order valence-corrected chi connectivity index (χ1v) is 8.63. The van der Waals surface area contributed by atoms with E-state index in [4.69, 9.17) is 4.74 Å². The topological polar surface area (TPSA) is 58.6 Å². The first-order chi connectivity index (χ1) is 11.0. The highest BCUT2D eigenvalue weighted by Gasteiger charge is 2.23. The fourth-order valence-corrected chi connectivity index (χ4v) is 2.95. The van der Waals surface area contributed by atoms with Crippen molar-refractivity contribution in [2.45, 2.75) is 32.3 Å². The molecule has 2 rings (SSSR count). The highest BCUT2D eigenvalue weighted by atomic mass is 32.1. The molecule has 0 radical (unpaired) electrons. The number of hydrogen-bond acceptors (Lipinski definition) is 4. The molecule has 0 aliphatic rings. The lowest BCUT2D eigenvalue weighted by atomic mass is 9.99. The standard InChI is InChI=1S/C18H23NO3S/c1-14-6-3-4-7-16(14)22-10-5-8-17(20)19-13-18(2,21)15-9-11-23-12-15/h3-4,6-7,9,11-12,21H,5,8,10,13H2,1-2H3,(H,19,20). The maximum absolute atomic E-state index is 11.9. The van der Waals surface area contributed by atoms with Crippen LogP contribution in [0.25, 0.3) is 0 Å². The Hall–Kier alpha value is -1.85. The number of benzene rings is 1. The molecule has 1 aromatic heterocycles. The third-order valence-electron chi connectivity index (χ3n) is 3.67. The van der Waals surface area contributed by atoms with Crippen LogP contribution in [0.15, 0.2) is 41.1 Å². The summed E-state index contributed by atoms with van der Waals surface area (Å²) in [5, 5.41) is 16.9. The second-order valence-corrected chi connectivity index (χ2v) is 6.56. The number of carbonyl (C=O) groups excluding carboxylic acids is 1. The molecular formula is C18H23NO3S. The Morgan fingerprint density at radius 1 is 1.35 bits per heavy atom. The molecular weight excluding hydrogens is 310 g/mol. The maximum atomic E-state index is 11.9. The Morgan fingerprint density at radius 2 is 2.13 bits per heavy atom. The average Bonchev–Trinajstić information content (AvgIpc) is 3.06. The van der Waals surface area contributed by atoms with E-state index in [1.165, 1.54) is 11.3 Å². The molecule has 2 N–H and O–H groups in total. The minimum Gasteiger partial charge on any atom is -0.493 e. The Kier molecular flexibility index (Phi) is 6.19. The van der Waals surface area contributed by atoms with Gasteiger partial charge in [-0.05, 0) is 54.3 Å². The van der Waals surface area contributed by atoms with Gasteiger partial charge in [0.1, 0.15) is 11.4 Å². The van der Waals surface area contributed by atoms with E-state index in [1.54, 1.807) is 6.92 Å². The average molecular weight is 333 g/mol. The van der Waals surface area contributed by atoms with Crippen LogP contribution < -0.4 is 10.1 Å². The van der Waals surface area contributed by atoms with Gasteiger partial charge in [-0.1, -0.05) is 18.2 Å². The number of nitrogens with one attached hydrogen (secondary N) is 1. The van der Waals surface area contributed by atoms with Gasteiger partial charge in [0.15, 0.2) is 0 Å². The Morgan fingerprint density at radius 3 is 2.83 bits per heavy atom. The number of aryl methyl sites for hydroxylation is 1. The highest BCUT2D eigenvalue weighted by molar-refractivity contribution is 7.08. The molecule has 0 aliphatic heterocycles. The summed E-state index contributed by atoms with van der Waals surface area (Å²) in [7, 11) is 0. The molecule has 1 heterocycles. The first kappa shape index (κ1) is 17.5. The van der Waals surface area contributed by atoms with E-state index in [0.717, 1.165) is 16.9 Å². The molecule has 0 spiro atoms. The molecule has 0 saturated heterocycles. The van der Waals surface area contributed by atoms with Crippen molar-refractivity contribution in [1.29, 1.82) is 0 Å². The summed E-state index contributed by atoms with van der Waals surface area (Å²) >= 11 is 1.53. The fourth-order valence-electron chi connectivity index (χ4n) is 2.17. The molecule has 1 amide bonds. The van der Waals surface area contributed by atoms with Crippen LogP contribution in [0.3, 0.4) is 0 Å². The van der Waals surface area contributed by atoms with Crippen LogP contribution >= 0.6 is 11.3 Å². The van der Waals surface area contributed by atoms with Crippen molar-refractivity contribution in [3.05, 3.63) is 52.2 Å². The van der Waals surface area contributed by atoms with Crippen LogP contribution in [0, 0.1) is 6.92 Å². The molecule has 0 aliphatic carbocycles. The molecule has 1 unspecified atom stereocenters. The second-order valence-electron chi connectivity index (χ2n) is 5.78. The van der Waals surface area contributed by atoms with E-state index in [1.807, 2.05) is 48.0 Å². The summed E-state index contributed by atoms with van der Waals surface area (Å²) in [6, 6.07) is 9.69. The molecule has 1 atom stereocenters. The zero-order valence-corrected chi connectivity index (χ0v) is 14.4. The van der Waals surface area contributed by atoms with Gasteiger partial charge in [0, 0.05) is 6.42 Å². The minimum absolute atomic E-state index is 0.0751. The lowest BCUT2D eigenvalue weighted by Crippen LogP contribution is -2.38. The van der Waals surface area contributed by atoms with Crippen LogP contribution in [0.1, 0.15) is 30.9 Å². The van der Waals surface area contributed by atoms with Crippen LogP contribution in [-0.4, -0.2) is 24.2 Å². The number of thiophene rings is 1. The van der Waals surface area contributed by atoms with Gasteiger partial charge >= 0.3 is 0 Å². The Bertz CT molecular complexity index is 623. The SMILES string of the molecule is Cc1ccccc1OCCCC(=O)NCC(C)(O)c1ccsc1. The van der Waals surface area contributed by atoms with Crippen LogP contribution in [0.5, 0.6) is 5.75 Å². The normalized spacial score (nSPS) is 13.3. The van der Waals surface area contributed by atoms with Crippen LogP contribution in [-0.2, 0) is 10.4 Å². The number of para-hydroxylation sites is 1. The summed E-state index contributed by atoms with van der Waals surface area (Å²) in [6.07, 6.45) is 1.02. The lowest BCUT2D eigenvalue weighted by Gasteiger charge is -2.22. The molecule has 0 bridgehead atoms.